The van der Waals surface area contributed by atoms with Gasteiger partial charge < -0.3 is 19.9 Å². The summed E-state index contributed by atoms with van der Waals surface area (Å²) >= 11 is 0. The molecular weight excluding hydrogens is 364 g/mol. The number of aromatic nitrogens is 3. The zero-order valence-electron chi connectivity index (χ0n) is 17.1. The van der Waals surface area contributed by atoms with Crippen LogP contribution < -0.4 is 19.9 Å². The molecule has 1 aliphatic rings. The van der Waals surface area contributed by atoms with Crippen molar-refractivity contribution in [3.8, 4) is 5.75 Å². The Morgan fingerprint density at radius 1 is 0.897 bits per heavy atom. The van der Waals surface area contributed by atoms with Crippen LogP contribution in [0, 0.1) is 13.8 Å². The molecule has 0 radical (unpaired) electrons. The van der Waals surface area contributed by atoms with Gasteiger partial charge in [-0.2, -0.15) is 10.1 Å². The number of rotatable bonds is 5. The van der Waals surface area contributed by atoms with Crippen LogP contribution in [-0.4, -0.2) is 48.5 Å². The fourth-order valence-electron chi connectivity index (χ4n) is 3.66. The molecule has 3 aromatic rings. The molecule has 1 aromatic heterocycles. The average molecular weight is 390 g/mol. The van der Waals surface area contributed by atoms with Gasteiger partial charge >= 0.3 is 0 Å². The molecule has 1 aliphatic heterocycles. The number of methoxy groups -OCH3 is 1. The third-order valence-corrected chi connectivity index (χ3v) is 5.07. The minimum absolute atomic E-state index is 0.519. The van der Waals surface area contributed by atoms with Gasteiger partial charge in [0.05, 0.1) is 13.3 Å². The van der Waals surface area contributed by atoms with Crippen LogP contribution in [0.3, 0.4) is 0 Å². The van der Waals surface area contributed by atoms with E-state index in [4.69, 9.17) is 4.74 Å². The average Bonchev–Trinajstić information content (AvgIpc) is 2.73. The minimum atomic E-state index is 0.519. The molecule has 4 rings (SSSR count). The predicted octanol–water partition coefficient (Wildman–Crippen LogP) is 3.57. The van der Waals surface area contributed by atoms with Gasteiger partial charge in [-0.25, -0.2) is 0 Å². The number of aryl methyl sites for hydroxylation is 2. The van der Waals surface area contributed by atoms with Gasteiger partial charge in [0.1, 0.15) is 5.75 Å². The Bertz CT molecular complexity index is 947. The normalized spacial score (nSPS) is 14.0. The standard InChI is InChI=1S/C22H26N6O/c1-16-12-17(2)14-18(13-16)24-22-25-21(15-23-26-22)28-10-8-27(9-11-28)19-4-6-20(29-3)7-5-19/h4-7,12-15H,8-11H2,1-3H3,(H,24,25,26). The first-order valence-electron chi connectivity index (χ1n) is 9.80. The van der Waals surface area contributed by atoms with E-state index in [0.717, 1.165) is 43.4 Å². The molecule has 0 bridgehead atoms. The second-order valence-electron chi connectivity index (χ2n) is 7.31. The van der Waals surface area contributed by atoms with Crippen LogP contribution in [0.2, 0.25) is 0 Å². The molecule has 2 aromatic carbocycles. The fourth-order valence-corrected chi connectivity index (χ4v) is 3.66. The van der Waals surface area contributed by atoms with Crippen molar-refractivity contribution in [2.24, 2.45) is 0 Å². The Hall–Kier alpha value is -3.35. The van der Waals surface area contributed by atoms with Crippen molar-refractivity contribution in [3.05, 3.63) is 59.8 Å². The first-order chi connectivity index (χ1) is 14.1. The van der Waals surface area contributed by atoms with Gasteiger partial charge in [0.15, 0.2) is 5.82 Å². The molecule has 1 fully saturated rings. The maximum absolute atomic E-state index is 5.24. The highest BCUT2D eigenvalue weighted by atomic mass is 16.5. The van der Waals surface area contributed by atoms with Crippen LogP contribution in [-0.2, 0) is 0 Å². The third kappa shape index (κ3) is 4.56. The van der Waals surface area contributed by atoms with E-state index in [0.29, 0.717) is 5.95 Å². The Morgan fingerprint density at radius 2 is 1.55 bits per heavy atom. The van der Waals surface area contributed by atoms with Crippen LogP contribution >= 0.6 is 0 Å². The number of nitrogens with zero attached hydrogens (tertiary/aromatic N) is 5. The third-order valence-electron chi connectivity index (χ3n) is 5.07. The highest BCUT2D eigenvalue weighted by Gasteiger charge is 2.19. The summed E-state index contributed by atoms with van der Waals surface area (Å²) in [6, 6.07) is 14.5. The van der Waals surface area contributed by atoms with Crippen molar-refractivity contribution in [3.63, 3.8) is 0 Å². The first kappa shape index (κ1) is 19.0. The zero-order chi connectivity index (χ0) is 20.2. The van der Waals surface area contributed by atoms with Gasteiger partial charge in [0.25, 0.3) is 0 Å². The summed E-state index contributed by atoms with van der Waals surface area (Å²) in [6.07, 6.45) is 1.73. The van der Waals surface area contributed by atoms with Crippen molar-refractivity contribution < 1.29 is 4.74 Å². The molecule has 1 saturated heterocycles. The van der Waals surface area contributed by atoms with E-state index in [1.54, 1.807) is 13.3 Å². The molecule has 7 nitrogen and oxygen atoms in total. The van der Waals surface area contributed by atoms with Crippen molar-refractivity contribution >= 4 is 23.1 Å². The van der Waals surface area contributed by atoms with Crippen molar-refractivity contribution in [2.75, 3.05) is 48.4 Å². The molecule has 0 atom stereocenters. The topological polar surface area (TPSA) is 66.4 Å². The van der Waals surface area contributed by atoms with E-state index in [1.165, 1.54) is 16.8 Å². The molecule has 0 unspecified atom stereocenters. The summed E-state index contributed by atoms with van der Waals surface area (Å²) in [6.45, 7) is 7.78. The molecule has 0 aliphatic carbocycles. The van der Waals surface area contributed by atoms with Crippen molar-refractivity contribution in [1.82, 2.24) is 15.2 Å². The van der Waals surface area contributed by atoms with Crippen LogP contribution in [0.4, 0.5) is 23.1 Å². The van der Waals surface area contributed by atoms with E-state index < -0.39 is 0 Å². The quantitative estimate of drug-likeness (QED) is 0.714. The Labute approximate surface area is 171 Å². The molecule has 2 heterocycles. The zero-order valence-corrected chi connectivity index (χ0v) is 17.1. The van der Waals surface area contributed by atoms with Crippen LogP contribution in [0.1, 0.15) is 11.1 Å². The fraction of sp³-hybridized carbons (Fsp3) is 0.318. The maximum Gasteiger partial charge on any atom is 0.249 e. The number of piperazine rings is 1. The minimum Gasteiger partial charge on any atom is -0.497 e. The van der Waals surface area contributed by atoms with Gasteiger partial charge in [-0.3, -0.25) is 0 Å². The van der Waals surface area contributed by atoms with E-state index in [1.807, 2.05) is 12.1 Å². The van der Waals surface area contributed by atoms with Crippen LogP contribution in [0.15, 0.2) is 48.7 Å². The summed E-state index contributed by atoms with van der Waals surface area (Å²) in [5, 5.41) is 11.6. The summed E-state index contributed by atoms with van der Waals surface area (Å²) in [5.74, 6) is 2.25. The second-order valence-corrected chi connectivity index (χ2v) is 7.31. The van der Waals surface area contributed by atoms with Gasteiger partial charge in [0, 0.05) is 37.6 Å². The molecule has 0 amide bonds. The number of benzene rings is 2. The van der Waals surface area contributed by atoms with Crippen LogP contribution in [0.5, 0.6) is 5.75 Å². The number of anilines is 4. The smallest absolute Gasteiger partial charge is 0.249 e. The van der Waals surface area contributed by atoms with Gasteiger partial charge in [-0.15, -0.1) is 5.10 Å². The lowest BCUT2D eigenvalue weighted by molar-refractivity contribution is 0.415. The predicted molar refractivity (Wildman–Crippen MR) is 116 cm³/mol. The van der Waals surface area contributed by atoms with E-state index in [2.05, 4.69) is 74.5 Å². The lowest BCUT2D eigenvalue weighted by Crippen LogP contribution is -2.46. The Morgan fingerprint density at radius 3 is 2.21 bits per heavy atom. The summed E-state index contributed by atoms with van der Waals surface area (Å²) in [4.78, 5) is 9.30. The maximum atomic E-state index is 5.24. The Balaban J connectivity index is 1.41. The van der Waals surface area contributed by atoms with Gasteiger partial charge in [-0.1, -0.05) is 6.07 Å². The molecule has 0 saturated carbocycles. The number of nitrogens with one attached hydrogen (secondary N) is 1. The van der Waals surface area contributed by atoms with Crippen molar-refractivity contribution in [1.29, 1.82) is 0 Å². The van der Waals surface area contributed by atoms with Crippen molar-refractivity contribution in [2.45, 2.75) is 13.8 Å². The van der Waals surface area contributed by atoms with Gasteiger partial charge in [0.2, 0.25) is 5.95 Å². The summed E-state index contributed by atoms with van der Waals surface area (Å²) in [7, 11) is 1.69. The number of hydrogen-bond donors (Lipinski definition) is 1. The molecular formula is C22H26N6O. The highest BCUT2D eigenvalue weighted by Crippen LogP contribution is 2.23. The number of ether oxygens (including phenoxy) is 1. The van der Waals surface area contributed by atoms with E-state index in [-0.39, 0.29) is 0 Å². The lowest BCUT2D eigenvalue weighted by Gasteiger charge is -2.36. The van der Waals surface area contributed by atoms with E-state index in [9.17, 15) is 0 Å². The molecule has 29 heavy (non-hydrogen) atoms. The largest absolute Gasteiger partial charge is 0.497 e. The molecule has 0 spiro atoms. The number of hydrogen-bond acceptors (Lipinski definition) is 7. The monoisotopic (exact) mass is 390 g/mol. The van der Waals surface area contributed by atoms with Crippen LogP contribution in [0.25, 0.3) is 0 Å². The van der Waals surface area contributed by atoms with Gasteiger partial charge in [-0.05, 0) is 61.4 Å². The Kier molecular flexibility index (Phi) is 5.46. The van der Waals surface area contributed by atoms with E-state index >= 15 is 0 Å². The lowest BCUT2D eigenvalue weighted by atomic mass is 10.1. The summed E-state index contributed by atoms with van der Waals surface area (Å²) in [5.41, 5.74) is 4.59. The first-order valence-corrected chi connectivity index (χ1v) is 9.80. The summed E-state index contributed by atoms with van der Waals surface area (Å²) < 4.78 is 5.24. The molecule has 7 heteroatoms. The second kappa shape index (κ2) is 8.34. The highest BCUT2D eigenvalue weighted by molar-refractivity contribution is 5.57. The molecule has 150 valence electrons. The molecule has 1 N–H and O–H groups in total. The SMILES string of the molecule is COc1ccc(N2CCN(c3cnnc(Nc4cc(C)cc(C)c4)n3)CC2)cc1.